The lowest BCUT2D eigenvalue weighted by molar-refractivity contribution is 0.505. The maximum Gasteiger partial charge on any atom is 0.0619 e. The molecule has 0 aromatic carbocycles. The molecule has 0 aromatic heterocycles. The molecule has 0 nitrogen and oxygen atoms in total. The number of rotatable bonds is 29. The van der Waals surface area contributed by atoms with Gasteiger partial charge in [-0.05, 0) is 50.9 Å². The predicted octanol–water partition coefficient (Wildman–Crippen LogP) is 13.1. The molecular weight excluding hydrogens is 439 g/mol. The van der Waals surface area contributed by atoms with Crippen LogP contribution in [-0.2, 0) is 0 Å². The van der Waals surface area contributed by atoms with E-state index in [1.807, 2.05) is 0 Å². The minimum absolute atomic E-state index is 0.755. The molecular formula is C34H72P+. The van der Waals surface area contributed by atoms with Crippen LogP contribution in [0.15, 0.2) is 0 Å². The van der Waals surface area contributed by atoms with Crippen molar-refractivity contribution < 1.29 is 0 Å². The largest absolute Gasteiger partial charge is 0.0654 e. The van der Waals surface area contributed by atoms with E-state index in [0.29, 0.717) is 0 Å². The topological polar surface area (TPSA) is 0 Å². The Morgan fingerprint density at radius 1 is 0.371 bits per heavy atom. The van der Waals surface area contributed by atoms with Gasteiger partial charge in [-0.3, -0.25) is 0 Å². The first-order chi connectivity index (χ1) is 17.1. The van der Waals surface area contributed by atoms with Crippen molar-refractivity contribution in [1.82, 2.24) is 0 Å². The zero-order valence-electron chi connectivity index (χ0n) is 25.8. The van der Waals surface area contributed by atoms with Gasteiger partial charge < -0.3 is 0 Å². The zero-order valence-corrected chi connectivity index (χ0v) is 26.7. The van der Waals surface area contributed by atoms with Gasteiger partial charge in [0.15, 0.2) is 0 Å². The van der Waals surface area contributed by atoms with Gasteiger partial charge in [-0.1, -0.05) is 144 Å². The molecule has 0 saturated carbocycles. The van der Waals surface area contributed by atoms with Crippen molar-refractivity contribution in [1.29, 1.82) is 0 Å². The normalized spacial score (nSPS) is 12.9. The smallest absolute Gasteiger partial charge is 0.0619 e. The van der Waals surface area contributed by atoms with E-state index in [9.17, 15) is 0 Å². The Morgan fingerprint density at radius 3 is 1.00 bits per heavy atom. The third-order valence-electron chi connectivity index (χ3n) is 8.46. The van der Waals surface area contributed by atoms with Gasteiger partial charge in [0.25, 0.3) is 0 Å². The van der Waals surface area contributed by atoms with Crippen LogP contribution in [0.5, 0.6) is 0 Å². The Morgan fingerprint density at radius 2 is 0.657 bits per heavy atom. The van der Waals surface area contributed by atoms with Gasteiger partial charge in [-0.15, -0.1) is 0 Å². The molecule has 0 radical (unpaired) electrons. The highest BCUT2D eigenvalue weighted by Crippen LogP contribution is 2.62. The third-order valence-corrected chi connectivity index (χ3v) is 13.7. The van der Waals surface area contributed by atoms with Crippen molar-refractivity contribution in [3.63, 3.8) is 0 Å². The van der Waals surface area contributed by atoms with E-state index >= 15 is 0 Å². The first kappa shape index (κ1) is 35.4. The summed E-state index contributed by atoms with van der Waals surface area (Å²) in [6.07, 6.45) is 41.9. The van der Waals surface area contributed by atoms with Crippen LogP contribution >= 0.6 is 7.26 Å². The molecule has 0 N–H and O–H groups in total. The van der Waals surface area contributed by atoms with Crippen LogP contribution in [-0.4, -0.2) is 24.6 Å². The average Bonchev–Trinajstić information content (AvgIpc) is 2.86. The molecule has 0 amide bonds. The molecule has 35 heavy (non-hydrogen) atoms. The van der Waals surface area contributed by atoms with E-state index in [1.54, 1.807) is 24.6 Å². The van der Waals surface area contributed by atoms with E-state index in [2.05, 4.69) is 34.6 Å². The summed E-state index contributed by atoms with van der Waals surface area (Å²) in [5.41, 5.74) is 0. The summed E-state index contributed by atoms with van der Waals surface area (Å²) in [7, 11) is -0.755. The maximum absolute atomic E-state index is 2.63. The van der Waals surface area contributed by atoms with Crippen molar-refractivity contribution in [2.24, 2.45) is 5.92 Å². The van der Waals surface area contributed by atoms with Gasteiger partial charge in [0.1, 0.15) is 0 Å². The Kier molecular flexibility index (Phi) is 27.8. The molecule has 0 saturated heterocycles. The number of unbranched alkanes of at least 4 members (excludes halogenated alkanes) is 19. The lowest BCUT2D eigenvalue weighted by Gasteiger charge is -2.31. The molecule has 0 heterocycles. The van der Waals surface area contributed by atoms with Gasteiger partial charge in [-0.2, -0.15) is 0 Å². The van der Waals surface area contributed by atoms with Gasteiger partial charge >= 0.3 is 0 Å². The van der Waals surface area contributed by atoms with Crippen LogP contribution in [0.25, 0.3) is 0 Å². The third kappa shape index (κ3) is 23.3. The summed E-state index contributed by atoms with van der Waals surface area (Å²) < 4.78 is 0. The summed E-state index contributed by atoms with van der Waals surface area (Å²) in [6.45, 7) is 12.1. The molecule has 1 heteroatoms. The molecule has 0 bridgehead atoms. The van der Waals surface area contributed by atoms with Crippen molar-refractivity contribution in [3.8, 4) is 0 Å². The monoisotopic (exact) mass is 512 g/mol. The predicted molar refractivity (Wildman–Crippen MR) is 169 cm³/mol. The van der Waals surface area contributed by atoms with Gasteiger partial charge in [0.2, 0.25) is 0 Å². The van der Waals surface area contributed by atoms with Crippen LogP contribution in [0.1, 0.15) is 189 Å². The molecule has 1 atom stereocenters. The second-order valence-electron chi connectivity index (χ2n) is 12.3. The van der Waals surface area contributed by atoms with E-state index < -0.39 is 7.26 Å². The second kappa shape index (κ2) is 27.5. The fraction of sp³-hybridized carbons (Fsp3) is 1.00. The number of hydrogen-bond acceptors (Lipinski definition) is 0. The molecule has 0 fully saturated rings. The zero-order chi connectivity index (χ0) is 25.9. The molecule has 0 rings (SSSR count). The Hall–Kier alpha value is 0.430. The summed E-state index contributed by atoms with van der Waals surface area (Å²) in [6, 6.07) is 0. The minimum atomic E-state index is -0.755. The lowest BCUT2D eigenvalue weighted by atomic mass is 10.0. The molecule has 0 aliphatic rings. The highest BCUT2D eigenvalue weighted by molar-refractivity contribution is 7.75. The van der Waals surface area contributed by atoms with Crippen LogP contribution in [0.2, 0.25) is 0 Å². The quantitative estimate of drug-likeness (QED) is 0.0691. The summed E-state index contributed by atoms with van der Waals surface area (Å²) >= 11 is 0. The Balaban J connectivity index is 4.48. The molecule has 0 aliphatic heterocycles. The Labute approximate surface area is 226 Å². The van der Waals surface area contributed by atoms with Crippen LogP contribution < -0.4 is 0 Å². The second-order valence-corrected chi connectivity index (χ2v) is 16.7. The van der Waals surface area contributed by atoms with Crippen molar-refractivity contribution in [2.45, 2.75) is 189 Å². The van der Waals surface area contributed by atoms with Gasteiger partial charge in [0.05, 0.1) is 24.6 Å². The van der Waals surface area contributed by atoms with Crippen molar-refractivity contribution in [2.75, 3.05) is 24.6 Å². The minimum Gasteiger partial charge on any atom is -0.0654 e. The van der Waals surface area contributed by atoms with E-state index in [0.717, 1.165) is 5.92 Å². The summed E-state index contributed by atoms with van der Waals surface area (Å²) in [5, 5.41) is 0. The maximum atomic E-state index is 2.63. The standard InChI is InChI=1S/C34H72P/c1-6-10-14-18-19-20-21-22-23-24-25-29-34(5)33-35(30-26-15-11-7-2,31-27-16-12-8-3)32-28-17-13-9-4/h34H,6-33H2,1-5H3/q+1. The molecule has 0 aromatic rings. The van der Waals surface area contributed by atoms with Crippen molar-refractivity contribution >= 4 is 7.26 Å². The van der Waals surface area contributed by atoms with Gasteiger partial charge in [-0.25, -0.2) is 0 Å². The van der Waals surface area contributed by atoms with Crippen molar-refractivity contribution in [3.05, 3.63) is 0 Å². The molecule has 212 valence electrons. The Bertz CT molecular complexity index is 359. The SMILES string of the molecule is CCCCCCCCCCCCCC(C)C[P+](CCCCCC)(CCCCCC)CCCCCC. The van der Waals surface area contributed by atoms with Crippen LogP contribution in [0, 0.1) is 5.92 Å². The fourth-order valence-corrected chi connectivity index (χ4v) is 11.5. The first-order valence-corrected chi connectivity index (χ1v) is 19.5. The fourth-order valence-electron chi connectivity index (χ4n) is 6.14. The molecule has 1 unspecified atom stereocenters. The average molecular weight is 512 g/mol. The summed E-state index contributed by atoms with van der Waals surface area (Å²) in [5.74, 6) is 0.977. The van der Waals surface area contributed by atoms with Crippen LogP contribution in [0.4, 0.5) is 0 Å². The van der Waals surface area contributed by atoms with Crippen LogP contribution in [0.3, 0.4) is 0 Å². The summed E-state index contributed by atoms with van der Waals surface area (Å²) in [4.78, 5) is 0. The highest BCUT2D eigenvalue weighted by Gasteiger charge is 2.37. The molecule has 0 spiro atoms. The van der Waals surface area contributed by atoms with E-state index in [1.165, 1.54) is 154 Å². The lowest BCUT2D eigenvalue weighted by Crippen LogP contribution is -2.17. The highest BCUT2D eigenvalue weighted by atomic mass is 31.2. The number of hydrogen-bond donors (Lipinski definition) is 0. The van der Waals surface area contributed by atoms with E-state index in [4.69, 9.17) is 0 Å². The molecule has 0 aliphatic carbocycles. The first-order valence-electron chi connectivity index (χ1n) is 17.0. The van der Waals surface area contributed by atoms with Gasteiger partial charge in [0, 0.05) is 7.26 Å². The van der Waals surface area contributed by atoms with E-state index in [-0.39, 0.29) is 0 Å².